The molecule has 0 saturated heterocycles. The molecule has 16 heavy (non-hydrogen) atoms. The lowest BCUT2D eigenvalue weighted by Gasteiger charge is -2.20. The highest BCUT2D eigenvalue weighted by Gasteiger charge is 2.16. The van der Waals surface area contributed by atoms with Crippen LogP contribution in [0.25, 0.3) is 0 Å². The van der Waals surface area contributed by atoms with Crippen molar-refractivity contribution in [2.75, 3.05) is 11.2 Å². The summed E-state index contributed by atoms with van der Waals surface area (Å²) in [6.07, 6.45) is 3.12. The third-order valence-corrected chi connectivity index (χ3v) is 3.23. The Labute approximate surface area is 105 Å². The van der Waals surface area contributed by atoms with Crippen LogP contribution in [0, 0.1) is 6.92 Å². The molecule has 1 rings (SSSR count). The molecule has 0 heterocycles. The van der Waals surface area contributed by atoms with Crippen LogP contribution in [0.5, 0.6) is 0 Å². The Morgan fingerprint density at radius 1 is 1.56 bits per heavy atom. The van der Waals surface area contributed by atoms with Crippen molar-refractivity contribution >= 4 is 39.9 Å². The molecule has 0 saturated carbocycles. The summed E-state index contributed by atoms with van der Waals surface area (Å²) < 4.78 is 0.524. The second kappa shape index (κ2) is 5.82. The quantitative estimate of drug-likeness (QED) is 0.595. The minimum atomic E-state index is -0.204. The number of benzene rings is 1. The van der Waals surface area contributed by atoms with Crippen molar-refractivity contribution in [1.29, 1.82) is 0 Å². The average Bonchev–Trinajstić information content (AvgIpc) is 2.29. The van der Waals surface area contributed by atoms with E-state index >= 15 is 0 Å². The van der Waals surface area contributed by atoms with Crippen molar-refractivity contribution in [3.63, 3.8) is 0 Å². The molecule has 0 unspecified atom stereocenters. The maximum absolute atomic E-state index is 11.7. The monoisotopic (exact) mass is 251 g/mol. The average molecular weight is 251 g/mol. The summed E-state index contributed by atoms with van der Waals surface area (Å²) in [4.78, 5) is 13.2. The summed E-state index contributed by atoms with van der Waals surface area (Å²) in [6.45, 7) is 5.46. The molecule has 0 aliphatic heterocycles. The first-order valence-corrected chi connectivity index (χ1v) is 6.34. The van der Waals surface area contributed by atoms with Gasteiger partial charge in [-0.3, -0.25) is 9.69 Å². The maximum Gasteiger partial charge on any atom is 0.255 e. The fourth-order valence-electron chi connectivity index (χ4n) is 1.27. The van der Waals surface area contributed by atoms with E-state index in [1.54, 1.807) is 0 Å². The number of hydrogen-bond acceptors (Lipinski definition) is 3. The third-order valence-electron chi connectivity index (χ3n) is 2.01. The molecule has 1 aromatic rings. The van der Waals surface area contributed by atoms with E-state index in [2.05, 4.69) is 6.58 Å². The summed E-state index contributed by atoms with van der Waals surface area (Å²) in [6, 6.07) is 7.65. The molecule has 0 aromatic heterocycles. The smallest absolute Gasteiger partial charge is 0.255 e. The minimum Gasteiger partial charge on any atom is -0.269 e. The van der Waals surface area contributed by atoms with Gasteiger partial charge in [0.15, 0.2) is 0 Å². The lowest BCUT2D eigenvalue weighted by Crippen LogP contribution is -2.32. The highest BCUT2D eigenvalue weighted by molar-refractivity contribution is 8.23. The molecule has 0 bridgehead atoms. The lowest BCUT2D eigenvalue weighted by molar-refractivity contribution is -0.113. The van der Waals surface area contributed by atoms with Crippen molar-refractivity contribution in [2.24, 2.45) is 0 Å². The molecule has 2 nitrogen and oxygen atoms in total. The van der Waals surface area contributed by atoms with Crippen LogP contribution < -0.4 is 4.90 Å². The van der Waals surface area contributed by atoms with Crippen LogP contribution in [-0.2, 0) is 4.79 Å². The summed E-state index contributed by atoms with van der Waals surface area (Å²) in [5.41, 5.74) is 1.87. The van der Waals surface area contributed by atoms with E-state index in [1.165, 1.54) is 22.7 Å². The maximum atomic E-state index is 11.7. The zero-order valence-corrected chi connectivity index (χ0v) is 10.9. The largest absolute Gasteiger partial charge is 0.269 e. The van der Waals surface area contributed by atoms with Gasteiger partial charge in [-0.25, -0.2) is 0 Å². The zero-order chi connectivity index (χ0) is 12.1. The number of thioether (sulfide) groups is 1. The second-order valence-corrected chi connectivity index (χ2v) is 4.63. The van der Waals surface area contributed by atoms with Crippen molar-refractivity contribution < 1.29 is 4.79 Å². The summed E-state index contributed by atoms with van der Waals surface area (Å²) in [5.74, 6) is -0.204. The number of aryl methyl sites for hydroxylation is 1. The van der Waals surface area contributed by atoms with Gasteiger partial charge >= 0.3 is 0 Å². The van der Waals surface area contributed by atoms with Gasteiger partial charge < -0.3 is 0 Å². The first kappa shape index (κ1) is 12.9. The number of amides is 1. The highest BCUT2D eigenvalue weighted by Crippen LogP contribution is 2.20. The molecular formula is C12H13NOS2. The summed E-state index contributed by atoms with van der Waals surface area (Å²) in [5, 5.41) is 0. The minimum absolute atomic E-state index is 0.204. The lowest BCUT2D eigenvalue weighted by atomic mass is 10.2. The fraction of sp³-hybridized carbons (Fsp3) is 0.167. The Kier molecular flexibility index (Phi) is 4.71. The van der Waals surface area contributed by atoms with Crippen molar-refractivity contribution in [1.82, 2.24) is 0 Å². The van der Waals surface area contributed by atoms with Crippen LogP contribution in [0.4, 0.5) is 5.69 Å². The van der Waals surface area contributed by atoms with E-state index in [4.69, 9.17) is 12.2 Å². The number of anilines is 1. The predicted molar refractivity (Wildman–Crippen MR) is 75.0 cm³/mol. The Balaban J connectivity index is 3.15. The number of carbonyl (C=O) groups excluding carboxylic acids is 1. The molecule has 0 aliphatic carbocycles. The topological polar surface area (TPSA) is 20.3 Å². The van der Waals surface area contributed by atoms with Gasteiger partial charge in [0.25, 0.3) is 5.91 Å². The van der Waals surface area contributed by atoms with Gasteiger partial charge in [0.1, 0.15) is 4.32 Å². The van der Waals surface area contributed by atoms with Crippen LogP contribution in [0.2, 0.25) is 0 Å². The van der Waals surface area contributed by atoms with E-state index in [0.29, 0.717) is 4.32 Å². The van der Waals surface area contributed by atoms with Crippen LogP contribution in [-0.4, -0.2) is 16.5 Å². The van der Waals surface area contributed by atoms with E-state index in [1.807, 2.05) is 37.4 Å². The summed E-state index contributed by atoms with van der Waals surface area (Å²) in [7, 11) is 0. The fourth-order valence-corrected chi connectivity index (χ4v) is 1.85. The zero-order valence-electron chi connectivity index (χ0n) is 9.27. The predicted octanol–water partition coefficient (Wildman–Crippen LogP) is 3.16. The normalized spacial score (nSPS) is 9.62. The molecule has 0 N–H and O–H groups in total. The van der Waals surface area contributed by atoms with Gasteiger partial charge in [0.2, 0.25) is 0 Å². The first-order valence-electron chi connectivity index (χ1n) is 4.71. The molecule has 1 aromatic carbocycles. The van der Waals surface area contributed by atoms with Crippen molar-refractivity contribution in [2.45, 2.75) is 6.92 Å². The van der Waals surface area contributed by atoms with Crippen LogP contribution in [0.3, 0.4) is 0 Å². The molecule has 0 aliphatic rings. The standard InChI is InChI=1S/C12H13NOS2/c1-4-11(14)13(12(15)16-3)10-7-5-6-9(2)8-10/h4-8H,1H2,2-3H3. The van der Waals surface area contributed by atoms with Gasteiger partial charge in [0.05, 0.1) is 5.69 Å². The third kappa shape index (κ3) is 2.93. The Morgan fingerprint density at radius 2 is 2.25 bits per heavy atom. The number of hydrogen-bond donors (Lipinski definition) is 0. The van der Waals surface area contributed by atoms with E-state index in [-0.39, 0.29) is 5.91 Å². The molecule has 4 heteroatoms. The van der Waals surface area contributed by atoms with Gasteiger partial charge in [-0.1, -0.05) is 42.7 Å². The highest BCUT2D eigenvalue weighted by atomic mass is 32.2. The van der Waals surface area contributed by atoms with Gasteiger partial charge in [-0.2, -0.15) is 0 Å². The number of thiocarbonyl (C=S) groups is 1. The Hall–Kier alpha value is -1.13. The SMILES string of the molecule is C=CC(=O)N(C(=S)SC)c1cccc(C)c1. The number of carbonyl (C=O) groups is 1. The van der Waals surface area contributed by atoms with Gasteiger partial charge in [-0.15, -0.1) is 0 Å². The van der Waals surface area contributed by atoms with E-state index < -0.39 is 0 Å². The van der Waals surface area contributed by atoms with Crippen LogP contribution in [0.15, 0.2) is 36.9 Å². The number of nitrogens with zero attached hydrogens (tertiary/aromatic N) is 1. The molecule has 0 fully saturated rings. The second-order valence-electron chi connectivity index (χ2n) is 3.19. The number of rotatable bonds is 2. The molecule has 0 atom stereocenters. The van der Waals surface area contributed by atoms with E-state index in [9.17, 15) is 4.79 Å². The van der Waals surface area contributed by atoms with Crippen LogP contribution in [0.1, 0.15) is 5.56 Å². The molecule has 0 spiro atoms. The van der Waals surface area contributed by atoms with Gasteiger partial charge in [-0.05, 0) is 37.0 Å². The van der Waals surface area contributed by atoms with Crippen molar-refractivity contribution in [3.05, 3.63) is 42.5 Å². The molecular weight excluding hydrogens is 238 g/mol. The van der Waals surface area contributed by atoms with E-state index in [0.717, 1.165) is 11.3 Å². The Bertz CT molecular complexity index is 429. The Morgan fingerprint density at radius 3 is 2.75 bits per heavy atom. The first-order chi connectivity index (χ1) is 7.60. The molecule has 1 amide bonds. The molecule has 84 valence electrons. The van der Waals surface area contributed by atoms with Crippen molar-refractivity contribution in [3.8, 4) is 0 Å². The summed E-state index contributed by atoms with van der Waals surface area (Å²) >= 11 is 6.53. The van der Waals surface area contributed by atoms with Crippen LogP contribution >= 0.6 is 24.0 Å². The van der Waals surface area contributed by atoms with Gasteiger partial charge in [0, 0.05) is 0 Å². The molecule has 0 radical (unpaired) electrons.